The van der Waals surface area contributed by atoms with Crippen LogP contribution >= 0.6 is 23.5 Å². The molecule has 0 amide bonds. The van der Waals surface area contributed by atoms with Gasteiger partial charge in [0.25, 0.3) is 0 Å². The molecule has 0 aromatic rings. The van der Waals surface area contributed by atoms with Crippen LogP contribution in [0.3, 0.4) is 0 Å². The lowest BCUT2D eigenvalue weighted by Gasteiger charge is -2.36. The lowest BCUT2D eigenvalue weighted by atomic mass is 9.83. The van der Waals surface area contributed by atoms with Crippen LogP contribution in [-0.2, 0) is 4.79 Å². The van der Waals surface area contributed by atoms with Crippen molar-refractivity contribution < 1.29 is 9.90 Å². The van der Waals surface area contributed by atoms with Gasteiger partial charge in [0.15, 0.2) is 0 Å². The normalized spacial score (nSPS) is 33.8. The quantitative estimate of drug-likeness (QED) is 0.645. The van der Waals surface area contributed by atoms with E-state index in [-0.39, 0.29) is 5.92 Å². The summed E-state index contributed by atoms with van der Waals surface area (Å²) in [5.74, 6) is 3.71. The summed E-state index contributed by atoms with van der Waals surface area (Å²) in [6, 6.07) is 0. The number of carboxylic acid groups (broad SMARTS) is 1. The van der Waals surface area contributed by atoms with Gasteiger partial charge in [-0.15, -0.1) is 23.5 Å². The third kappa shape index (κ3) is 5.70. The number of hydrogen-bond acceptors (Lipinski definition) is 3. The van der Waals surface area contributed by atoms with Crippen LogP contribution in [0, 0.1) is 17.8 Å². The summed E-state index contributed by atoms with van der Waals surface area (Å²) in [6.45, 7) is 2.27. The lowest BCUT2D eigenvalue weighted by Crippen LogP contribution is -2.29. The van der Waals surface area contributed by atoms with Crippen LogP contribution < -0.4 is 0 Å². The minimum Gasteiger partial charge on any atom is -0.481 e. The van der Waals surface area contributed by atoms with Gasteiger partial charge < -0.3 is 5.11 Å². The average Bonchev–Trinajstić information content (AvgIpc) is 2.52. The van der Waals surface area contributed by atoms with Crippen LogP contribution in [0.2, 0.25) is 0 Å². The minimum atomic E-state index is -0.579. The summed E-state index contributed by atoms with van der Waals surface area (Å²) < 4.78 is 0.742. The monoisotopic (exact) mass is 330 g/mol. The topological polar surface area (TPSA) is 37.3 Å². The van der Waals surface area contributed by atoms with Crippen LogP contribution in [0.1, 0.15) is 64.7 Å². The van der Waals surface area contributed by atoms with Crippen molar-refractivity contribution in [2.24, 2.45) is 17.8 Å². The van der Waals surface area contributed by atoms with E-state index >= 15 is 0 Å². The van der Waals surface area contributed by atoms with Crippen molar-refractivity contribution in [3.8, 4) is 0 Å². The summed E-state index contributed by atoms with van der Waals surface area (Å²) >= 11 is 4.33. The van der Waals surface area contributed by atoms with E-state index in [0.717, 1.165) is 42.1 Å². The van der Waals surface area contributed by atoms with Crippen molar-refractivity contribution >= 4 is 29.5 Å². The highest BCUT2D eigenvalue weighted by atomic mass is 32.2. The minimum absolute atomic E-state index is 0.0637. The fourth-order valence-corrected chi connectivity index (χ4v) is 7.08. The molecule has 1 aliphatic heterocycles. The molecule has 122 valence electrons. The number of aliphatic carboxylic acids is 1. The van der Waals surface area contributed by atoms with E-state index in [1.54, 1.807) is 0 Å². The Hall–Kier alpha value is 0.170. The van der Waals surface area contributed by atoms with Crippen molar-refractivity contribution in [3.05, 3.63) is 0 Å². The Morgan fingerprint density at radius 2 is 1.71 bits per heavy atom. The van der Waals surface area contributed by atoms with E-state index in [2.05, 4.69) is 30.4 Å². The molecule has 2 rings (SSSR count). The van der Waals surface area contributed by atoms with Crippen molar-refractivity contribution in [2.45, 2.75) is 69.3 Å². The molecule has 0 aromatic carbocycles. The SMILES string of the molecule is CCCCCCC1CSC(C2CCC(C(=O)O)CC2)SC1. The van der Waals surface area contributed by atoms with Crippen LogP contribution in [0.4, 0.5) is 0 Å². The van der Waals surface area contributed by atoms with Crippen molar-refractivity contribution in [1.29, 1.82) is 0 Å². The second kappa shape index (κ2) is 9.34. The Morgan fingerprint density at radius 3 is 2.29 bits per heavy atom. The molecule has 1 heterocycles. The van der Waals surface area contributed by atoms with Crippen molar-refractivity contribution in [3.63, 3.8) is 0 Å². The van der Waals surface area contributed by atoms with Crippen molar-refractivity contribution in [2.75, 3.05) is 11.5 Å². The first-order valence-electron chi connectivity index (χ1n) is 8.66. The van der Waals surface area contributed by atoms with E-state index in [1.165, 1.54) is 43.6 Å². The fourth-order valence-electron chi connectivity index (χ4n) is 3.50. The van der Waals surface area contributed by atoms with Gasteiger partial charge in [-0.05, 0) is 55.4 Å². The Kier molecular flexibility index (Phi) is 7.79. The molecule has 21 heavy (non-hydrogen) atoms. The molecule has 1 aliphatic carbocycles. The molecule has 0 atom stereocenters. The smallest absolute Gasteiger partial charge is 0.306 e. The highest BCUT2D eigenvalue weighted by Crippen LogP contribution is 2.45. The molecular weight excluding hydrogens is 300 g/mol. The lowest BCUT2D eigenvalue weighted by molar-refractivity contribution is -0.143. The summed E-state index contributed by atoms with van der Waals surface area (Å²) in [5, 5.41) is 9.08. The molecular formula is C17H30O2S2. The molecule has 1 saturated heterocycles. The molecule has 0 aromatic heterocycles. The molecule has 0 bridgehead atoms. The first-order valence-corrected chi connectivity index (χ1v) is 10.8. The number of rotatable bonds is 7. The molecule has 0 unspecified atom stereocenters. The number of carbonyl (C=O) groups is 1. The molecule has 2 nitrogen and oxygen atoms in total. The zero-order valence-corrected chi connectivity index (χ0v) is 14.9. The van der Waals surface area contributed by atoms with Gasteiger partial charge in [-0.25, -0.2) is 0 Å². The van der Waals surface area contributed by atoms with E-state index in [1.807, 2.05) is 0 Å². The second-order valence-electron chi connectivity index (χ2n) is 6.70. The number of carboxylic acids is 1. The van der Waals surface area contributed by atoms with Crippen LogP contribution in [-0.4, -0.2) is 27.2 Å². The van der Waals surface area contributed by atoms with Gasteiger partial charge in [-0.1, -0.05) is 32.6 Å². The third-order valence-corrected chi connectivity index (χ3v) is 8.54. The van der Waals surface area contributed by atoms with Crippen LogP contribution in [0.25, 0.3) is 0 Å². The highest BCUT2D eigenvalue weighted by molar-refractivity contribution is 8.17. The van der Waals surface area contributed by atoms with Crippen molar-refractivity contribution in [1.82, 2.24) is 0 Å². The maximum Gasteiger partial charge on any atom is 0.306 e. The number of unbranched alkanes of at least 4 members (excludes halogenated alkanes) is 3. The molecule has 2 fully saturated rings. The first-order chi connectivity index (χ1) is 10.2. The van der Waals surface area contributed by atoms with E-state index in [9.17, 15) is 4.79 Å². The Balaban J connectivity index is 1.62. The highest BCUT2D eigenvalue weighted by Gasteiger charge is 2.33. The fraction of sp³-hybridized carbons (Fsp3) is 0.941. The maximum absolute atomic E-state index is 11.0. The van der Waals surface area contributed by atoms with Gasteiger partial charge in [-0.2, -0.15) is 0 Å². The van der Waals surface area contributed by atoms with E-state index in [0.29, 0.717) is 0 Å². The molecule has 0 spiro atoms. The van der Waals surface area contributed by atoms with Gasteiger partial charge in [0.05, 0.1) is 10.5 Å². The van der Waals surface area contributed by atoms with Gasteiger partial charge in [-0.3, -0.25) is 4.79 Å². The molecule has 1 N–H and O–H groups in total. The predicted octanol–water partition coefficient (Wildman–Crippen LogP) is 5.27. The van der Waals surface area contributed by atoms with Crippen LogP contribution in [0.5, 0.6) is 0 Å². The van der Waals surface area contributed by atoms with Gasteiger partial charge in [0.1, 0.15) is 0 Å². The predicted molar refractivity (Wildman–Crippen MR) is 94.0 cm³/mol. The van der Waals surface area contributed by atoms with Crippen LogP contribution in [0.15, 0.2) is 0 Å². The number of hydrogen-bond donors (Lipinski definition) is 1. The largest absolute Gasteiger partial charge is 0.481 e. The summed E-state index contributed by atoms with van der Waals surface area (Å²) in [6.07, 6.45) is 11.0. The van der Waals surface area contributed by atoms with E-state index < -0.39 is 5.97 Å². The molecule has 4 heteroatoms. The Morgan fingerprint density at radius 1 is 1.05 bits per heavy atom. The summed E-state index contributed by atoms with van der Waals surface area (Å²) in [5.41, 5.74) is 0. The van der Waals surface area contributed by atoms with Gasteiger partial charge >= 0.3 is 5.97 Å². The number of thioether (sulfide) groups is 2. The Bertz CT molecular complexity index is 306. The zero-order valence-electron chi connectivity index (χ0n) is 13.3. The summed E-state index contributed by atoms with van der Waals surface area (Å²) in [4.78, 5) is 11.0. The maximum atomic E-state index is 11.0. The summed E-state index contributed by atoms with van der Waals surface area (Å²) in [7, 11) is 0. The van der Waals surface area contributed by atoms with Gasteiger partial charge in [0.2, 0.25) is 0 Å². The molecule has 0 radical (unpaired) electrons. The molecule has 1 saturated carbocycles. The van der Waals surface area contributed by atoms with Gasteiger partial charge in [0, 0.05) is 0 Å². The second-order valence-corrected chi connectivity index (χ2v) is 9.35. The first kappa shape index (κ1) is 17.5. The average molecular weight is 331 g/mol. The zero-order chi connectivity index (χ0) is 15.1. The molecule has 2 aliphatic rings. The Labute approximate surface area is 138 Å². The third-order valence-electron chi connectivity index (χ3n) is 4.96. The van der Waals surface area contributed by atoms with E-state index in [4.69, 9.17) is 5.11 Å². The standard InChI is InChI=1S/C17H30O2S2/c1-2-3-4-5-6-13-11-20-17(21-12-13)15-9-7-14(8-10-15)16(18)19/h13-15,17H,2-12H2,1H3,(H,18,19).